The maximum atomic E-state index is 5.48. The number of benzene rings is 1. The lowest BCUT2D eigenvalue weighted by molar-refractivity contribution is 0.382. The minimum Gasteiger partial charge on any atom is -0.497 e. The summed E-state index contributed by atoms with van der Waals surface area (Å²) in [6.07, 6.45) is 0. The molecule has 7 heteroatoms. The third-order valence-corrected chi connectivity index (χ3v) is 4.95. The lowest BCUT2D eigenvalue weighted by Gasteiger charge is -2.23. The predicted molar refractivity (Wildman–Crippen MR) is 103 cm³/mol. The van der Waals surface area contributed by atoms with Crippen molar-refractivity contribution in [2.75, 3.05) is 28.3 Å². The minimum absolute atomic E-state index is 0.674. The molecular formula is C18H26N4O2S. The largest absolute Gasteiger partial charge is 0.497 e. The van der Waals surface area contributed by atoms with Crippen molar-refractivity contribution < 1.29 is 9.47 Å². The number of methoxy groups -OCH3 is 2. The number of aliphatic imine (C=N–C) groups is 1. The Kier molecular flexibility index (Phi) is 6.64. The van der Waals surface area contributed by atoms with Gasteiger partial charge in [0.1, 0.15) is 11.5 Å². The molecule has 0 amide bonds. The van der Waals surface area contributed by atoms with E-state index in [1.54, 1.807) is 32.6 Å². The predicted octanol–water partition coefficient (Wildman–Crippen LogP) is 2.98. The van der Waals surface area contributed by atoms with E-state index in [4.69, 9.17) is 9.47 Å². The molecule has 6 nitrogen and oxygen atoms in total. The van der Waals surface area contributed by atoms with E-state index in [9.17, 15) is 0 Å². The van der Waals surface area contributed by atoms with Gasteiger partial charge < -0.3 is 19.7 Å². The van der Waals surface area contributed by atoms with Gasteiger partial charge in [0, 0.05) is 37.1 Å². The summed E-state index contributed by atoms with van der Waals surface area (Å²) in [4.78, 5) is 12.1. The second-order valence-corrected chi connectivity index (χ2v) is 6.96. The van der Waals surface area contributed by atoms with Crippen molar-refractivity contribution in [3.63, 3.8) is 0 Å². The van der Waals surface area contributed by atoms with Gasteiger partial charge in [-0.2, -0.15) is 0 Å². The number of aryl methyl sites for hydroxylation is 2. The number of hydrogen-bond donors (Lipinski definition) is 1. The number of aromatic nitrogens is 1. The average Bonchev–Trinajstić information content (AvgIpc) is 2.93. The minimum atomic E-state index is 0.674. The van der Waals surface area contributed by atoms with Crippen molar-refractivity contribution in [2.24, 2.45) is 4.99 Å². The molecule has 0 unspecified atom stereocenters. The van der Waals surface area contributed by atoms with Crippen molar-refractivity contribution >= 4 is 17.3 Å². The van der Waals surface area contributed by atoms with Gasteiger partial charge in [-0.25, -0.2) is 4.98 Å². The first-order valence-electron chi connectivity index (χ1n) is 8.04. The first kappa shape index (κ1) is 19.1. The number of guanidine groups is 1. The number of hydrogen-bond acceptors (Lipinski definition) is 5. The van der Waals surface area contributed by atoms with E-state index in [-0.39, 0.29) is 0 Å². The van der Waals surface area contributed by atoms with E-state index in [0.717, 1.165) is 33.7 Å². The standard InChI is InChI=1S/C18H26N4O2S/c1-12-17(25-13(2)21-12)10-20-18(19-3)22(4)11-14-7-8-15(23-5)9-16(14)24-6/h7-9H,10-11H2,1-6H3,(H,19,20). The quantitative estimate of drug-likeness (QED) is 0.632. The third kappa shape index (κ3) is 4.85. The van der Waals surface area contributed by atoms with E-state index >= 15 is 0 Å². The summed E-state index contributed by atoms with van der Waals surface area (Å²) < 4.78 is 10.7. The molecule has 0 spiro atoms. The van der Waals surface area contributed by atoms with Gasteiger partial charge in [-0.3, -0.25) is 4.99 Å². The molecule has 1 aromatic heterocycles. The Morgan fingerprint density at radius 3 is 2.60 bits per heavy atom. The molecule has 0 atom stereocenters. The molecule has 0 aliphatic heterocycles. The highest BCUT2D eigenvalue weighted by Gasteiger charge is 2.12. The Balaban J connectivity index is 2.05. The van der Waals surface area contributed by atoms with Gasteiger partial charge in [0.25, 0.3) is 0 Å². The fraction of sp³-hybridized carbons (Fsp3) is 0.444. The second kappa shape index (κ2) is 8.71. The molecule has 2 rings (SSSR count). The zero-order valence-corrected chi connectivity index (χ0v) is 16.5. The maximum absolute atomic E-state index is 5.48. The number of nitrogens with one attached hydrogen (secondary N) is 1. The van der Waals surface area contributed by atoms with Crippen LogP contribution in [0.3, 0.4) is 0 Å². The molecule has 2 aromatic rings. The van der Waals surface area contributed by atoms with Crippen molar-refractivity contribution in [3.8, 4) is 11.5 Å². The second-order valence-electron chi connectivity index (χ2n) is 5.68. The number of ether oxygens (including phenoxy) is 2. The lowest BCUT2D eigenvalue weighted by Crippen LogP contribution is -2.38. The van der Waals surface area contributed by atoms with Crippen LogP contribution in [-0.2, 0) is 13.1 Å². The van der Waals surface area contributed by atoms with Gasteiger partial charge in [-0.1, -0.05) is 0 Å². The smallest absolute Gasteiger partial charge is 0.193 e. The molecule has 136 valence electrons. The van der Waals surface area contributed by atoms with Crippen molar-refractivity contribution in [1.82, 2.24) is 15.2 Å². The van der Waals surface area contributed by atoms with Crippen LogP contribution in [-0.4, -0.2) is 44.2 Å². The molecule has 0 bridgehead atoms. The summed E-state index contributed by atoms with van der Waals surface area (Å²) in [7, 11) is 7.11. The fourth-order valence-corrected chi connectivity index (χ4v) is 3.47. The summed E-state index contributed by atoms with van der Waals surface area (Å²) in [6, 6.07) is 5.84. The van der Waals surface area contributed by atoms with Gasteiger partial charge in [-0.05, 0) is 26.0 Å². The average molecular weight is 362 g/mol. The van der Waals surface area contributed by atoms with E-state index in [2.05, 4.69) is 20.2 Å². The summed E-state index contributed by atoms with van der Waals surface area (Å²) in [5, 5.41) is 4.48. The van der Waals surface area contributed by atoms with E-state index in [0.29, 0.717) is 13.1 Å². The summed E-state index contributed by atoms with van der Waals surface area (Å²) in [5.74, 6) is 2.40. The number of nitrogens with zero attached hydrogens (tertiary/aromatic N) is 3. The molecule has 0 radical (unpaired) electrons. The van der Waals surface area contributed by atoms with Gasteiger partial charge >= 0.3 is 0 Å². The summed E-state index contributed by atoms with van der Waals surface area (Å²) >= 11 is 1.71. The van der Waals surface area contributed by atoms with Crippen LogP contribution in [0.25, 0.3) is 0 Å². The highest BCUT2D eigenvalue weighted by Crippen LogP contribution is 2.25. The SMILES string of the molecule is CN=C(NCc1sc(C)nc1C)N(C)Cc1ccc(OC)cc1OC. The van der Waals surface area contributed by atoms with Crippen molar-refractivity contribution in [2.45, 2.75) is 26.9 Å². The zero-order chi connectivity index (χ0) is 18.4. The first-order valence-corrected chi connectivity index (χ1v) is 8.85. The van der Waals surface area contributed by atoms with Crippen LogP contribution in [0.2, 0.25) is 0 Å². The van der Waals surface area contributed by atoms with Crippen LogP contribution in [0.5, 0.6) is 11.5 Å². The van der Waals surface area contributed by atoms with Gasteiger partial charge in [0.15, 0.2) is 5.96 Å². The molecule has 0 saturated heterocycles. The van der Waals surface area contributed by atoms with Crippen LogP contribution in [0.1, 0.15) is 21.1 Å². The molecule has 0 saturated carbocycles. The normalized spacial score (nSPS) is 11.4. The third-order valence-electron chi connectivity index (χ3n) is 3.88. The number of rotatable bonds is 6. The topological polar surface area (TPSA) is 59.0 Å². The Morgan fingerprint density at radius 1 is 1.28 bits per heavy atom. The van der Waals surface area contributed by atoms with Crippen molar-refractivity contribution in [1.29, 1.82) is 0 Å². The Hall–Kier alpha value is -2.28. The van der Waals surface area contributed by atoms with E-state index in [1.807, 2.05) is 39.1 Å². The summed E-state index contributed by atoms with van der Waals surface area (Å²) in [5.41, 5.74) is 2.14. The molecule has 0 aliphatic carbocycles. The Bertz CT molecular complexity index is 743. The fourth-order valence-electron chi connectivity index (χ4n) is 2.59. The highest BCUT2D eigenvalue weighted by atomic mass is 32.1. The van der Waals surface area contributed by atoms with Crippen LogP contribution in [0.4, 0.5) is 0 Å². The molecule has 0 fully saturated rings. The highest BCUT2D eigenvalue weighted by molar-refractivity contribution is 7.11. The zero-order valence-electron chi connectivity index (χ0n) is 15.7. The molecule has 1 heterocycles. The molecule has 25 heavy (non-hydrogen) atoms. The number of thiazole rings is 1. The lowest BCUT2D eigenvalue weighted by atomic mass is 10.2. The van der Waals surface area contributed by atoms with Crippen LogP contribution >= 0.6 is 11.3 Å². The maximum Gasteiger partial charge on any atom is 0.193 e. The first-order chi connectivity index (χ1) is 12.0. The van der Waals surface area contributed by atoms with Gasteiger partial charge in [-0.15, -0.1) is 11.3 Å². The van der Waals surface area contributed by atoms with E-state index < -0.39 is 0 Å². The Labute approximate surface area is 153 Å². The molecule has 0 aliphatic rings. The van der Waals surface area contributed by atoms with Crippen molar-refractivity contribution in [3.05, 3.63) is 39.3 Å². The van der Waals surface area contributed by atoms with E-state index in [1.165, 1.54) is 4.88 Å². The van der Waals surface area contributed by atoms with Crippen LogP contribution in [0.15, 0.2) is 23.2 Å². The molecule has 1 aromatic carbocycles. The van der Waals surface area contributed by atoms with Gasteiger partial charge in [0.05, 0.1) is 31.5 Å². The molecular weight excluding hydrogens is 336 g/mol. The molecule has 1 N–H and O–H groups in total. The Morgan fingerprint density at radius 2 is 2.04 bits per heavy atom. The van der Waals surface area contributed by atoms with Crippen LogP contribution < -0.4 is 14.8 Å². The van der Waals surface area contributed by atoms with Crippen LogP contribution in [0, 0.1) is 13.8 Å². The van der Waals surface area contributed by atoms with Gasteiger partial charge in [0.2, 0.25) is 0 Å². The summed E-state index contributed by atoms with van der Waals surface area (Å²) in [6.45, 7) is 5.45. The monoisotopic (exact) mass is 362 g/mol.